The molecule has 0 radical (unpaired) electrons. The summed E-state index contributed by atoms with van der Waals surface area (Å²) in [4.78, 5) is 11.7. The lowest BCUT2D eigenvalue weighted by Crippen LogP contribution is -2.14. The third-order valence-corrected chi connectivity index (χ3v) is 4.80. The highest BCUT2D eigenvalue weighted by molar-refractivity contribution is 7.89. The Morgan fingerprint density at radius 1 is 1.28 bits per heavy atom. The highest BCUT2D eigenvalue weighted by atomic mass is 32.2. The van der Waals surface area contributed by atoms with Gasteiger partial charge in [0.15, 0.2) is 0 Å². The predicted octanol–water partition coefficient (Wildman–Crippen LogP) is 2.93. The Labute approximate surface area is 145 Å². The molecule has 0 aliphatic heterocycles. The van der Waals surface area contributed by atoms with E-state index < -0.39 is 15.8 Å². The van der Waals surface area contributed by atoms with Gasteiger partial charge in [-0.25, -0.2) is 12.8 Å². The molecule has 2 rings (SSSR count). The zero-order chi connectivity index (χ0) is 18.3. The van der Waals surface area contributed by atoms with E-state index in [1.807, 2.05) is 0 Å². The van der Waals surface area contributed by atoms with E-state index in [0.717, 1.165) is 3.97 Å². The molecule has 0 saturated heterocycles. The zero-order valence-electron chi connectivity index (χ0n) is 13.4. The molecule has 1 aromatic carbocycles. The summed E-state index contributed by atoms with van der Waals surface area (Å²) < 4.78 is 38.9. The van der Waals surface area contributed by atoms with Gasteiger partial charge < -0.3 is 10.7 Å². The largest absolute Gasteiger partial charge is 0.324 e. The number of allylic oxidation sites excluding steroid dienone is 1. The minimum atomic E-state index is -3.71. The maximum absolute atomic E-state index is 13.2. The molecule has 0 spiro atoms. The molecule has 1 amide bonds. The van der Waals surface area contributed by atoms with E-state index in [0.29, 0.717) is 17.7 Å². The van der Waals surface area contributed by atoms with Gasteiger partial charge in [-0.15, -0.1) is 0 Å². The Morgan fingerprint density at radius 3 is 2.80 bits per heavy atom. The Balaban J connectivity index is 2.01. The van der Waals surface area contributed by atoms with Gasteiger partial charge in [0.1, 0.15) is 5.82 Å². The van der Waals surface area contributed by atoms with Crippen LogP contribution in [-0.2, 0) is 20.6 Å². The minimum absolute atomic E-state index is 0.134. The van der Waals surface area contributed by atoms with Gasteiger partial charge in [0.05, 0.1) is 11.4 Å². The smallest absolute Gasteiger partial charge is 0.242 e. The molecule has 0 bridgehead atoms. The quantitative estimate of drug-likeness (QED) is 0.558. The zero-order valence-corrected chi connectivity index (χ0v) is 14.2. The molecule has 0 atom stereocenters. The maximum Gasteiger partial charge on any atom is 0.242 e. The average Bonchev–Trinajstić information content (AvgIpc) is 3.00. The SMILES string of the molecule is N=CC/C=C\CC(=O)Nc1ccn(S(=O)(=O)Cc2cccc(F)c2)c1. The lowest BCUT2D eigenvalue weighted by molar-refractivity contribution is -0.115. The number of aromatic nitrogens is 1. The van der Waals surface area contributed by atoms with Crippen LogP contribution in [0.2, 0.25) is 0 Å². The number of carbonyl (C=O) groups is 1. The Hall–Kier alpha value is -2.74. The van der Waals surface area contributed by atoms with E-state index in [1.54, 1.807) is 12.2 Å². The molecule has 0 aliphatic carbocycles. The van der Waals surface area contributed by atoms with Crippen LogP contribution in [0.15, 0.2) is 54.9 Å². The van der Waals surface area contributed by atoms with Crippen molar-refractivity contribution in [2.24, 2.45) is 0 Å². The van der Waals surface area contributed by atoms with Crippen molar-refractivity contribution in [1.82, 2.24) is 3.97 Å². The van der Waals surface area contributed by atoms with Crippen LogP contribution in [0.4, 0.5) is 10.1 Å². The van der Waals surface area contributed by atoms with Gasteiger partial charge in [0.2, 0.25) is 15.9 Å². The fraction of sp³-hybridized carbons (Fsp3) is 0.176. The minimum Gasteiger partial charge on any atom is -0.324 e. The first-order valence-electron chi connectivity index (χ1n) is 7.50. The Kier molecular flexibility index (Phi) is 6.24. The number of benzene rings is 1. The normalized spacial score (nSPS) is 11.6. The van der Waals surface area contributed by atoms with Crippen LogP contribution in [0.25, 0.3) is 0 Å². The van der Waals surface area contributed by atoms with Gasteiger partial charge in [-0.2, -0.15) is 0 Å². The molecular weight excluding hydrogens is 345 g/mol. The number of rotatable bonds is 8. The average molecular weight is 363 g/mol. The Morgan fingerprint density at radius 2 is 2.08 bits per heavy atom. The second-order valence-electron chi connectivity index (χ2n) is 5.28. The Bertz CT molecular complexity index is 888. The number of halogens is 1. The van der Waals surface area contributed by atoms with Gasteiger partial charge >= 0.3 is 0 Å². The molecule has 0 aliphatic rings. The van der Waals surface area contributed by atoms with Crippen LogP contribution < -0.4 is 5.32 Å². The third kappa shape index (κ3) is 5.68. The molecule has 8 heteroatoms. The van der Waals surface area contributed by atoms with Gasteiger partial charge in [0, 0.05) is 18.8 Å². The summed E-state index contributed by atoms with van der Waals surface area (Å²) in [6.07, 6.45) is 7.78. The van der Waals surface area contributed by atoms with E-state index in [9.17, 15) is 17.6 Å². The molecule has 2 N–H and O–H groups in total. The molecule has 132 valence electrons. The van der Waals surface area contributed by atoms with Crippen molar-refractivity contribution in [1.29, 1.82) is 5.41 Å². The molecule has 1 aromatic heterocycles. The number of nitrogens with one attached hydrogen (secondary N) is 2. The molecule has 0 saturated carbocycles. The monoisotopic (exact) mass is 363 g/mol. The highest BCUT2D eigenvalue weighted by Gasteiger charge is 2.15. The molecule has 0 fully saturated rings. The van der Waals surface area contributed by atoms with Crippen molar-refractivity contribution in [3.63, 3.8) is 0 Å². The van der Waals surface area contributed by atoms with Crippen LogP contribution in [0.3, 0.4) is 0 Å². The second-order valence-corrected chi connectivity index (χ2v) is 7.15. The van der Waals surface area contributed by atoms with Crippen molar-refractivity contribution in [3.8, 4) is 0 Å². The fourth-order valence-electron chi connectivity index (χ4n) is 2.10. The number of anilines is 1. The molecule has 25 heavy (non-hydrogen) atoms. The number of hydrogen-bond donors (Lipinski definition) is 2. The molecule has 6 nitrogen and oxygen atoms in total. The van der Waals surface area contributed by atoms with Crippen LogP contribution >= 0.6 is 0 Å². The first-order valence-corrected chi connectivity index (χ1v) is 9.11. The van der Waals surface area contributed by atoms with E-state index in [2.05, 4.69) is 5.32 Å². The third-order valence-electron chi connectivity index (χ3n) is 3.23. The number of carbonyl (C=O) groups excluding carboxylic acids is 1. The summed E-state index contributed by atoms with van der Waals surface area (Å²) in [5.41, 5.74) is 0.698. The molecule has 2 aromatic rings. The van der Waals surface area contributed by atoms with Crippen molar-refractivity contribution in [2.45, 2.75) is 18.6 Å². The molecule has 0 unspecified atom stereocenters. The van der Waals surface area contributed by atoms with Crippen LogP contribution in [0, 0.1) is 11.2 Å². The summed E-state index contributed by atoms with van der Waals surface area (Å²) >= 11 is 0. The summed E-state index contributed by atoms with van der Waals surface area (Å²) in [6.45, 7) is 0. The van der Waals surface area contributed by atoms with Gasteiger partial charge in [0.25, 0.3) is 0 Å². The number of nitrogens with zero attached hydrogens (tertiary/aromatic N) is 1. The number of amides is 1. The van der Waals surface area contributed by atoms with E-state index >= 15 is 0 Å². The first-order chi connectivity index (χ1) is 11.9. The highest BCUT2D eigenvalue weighted by Crippen LogP contribution is 2.15. The van der Waals surface area contributed by atoms with Crippen LogP contribution in [0.1, 0.15) is 18.4 Å². The van der Waals surface area contributed by atoms with Crippen molar-refractivity contribution >= 4 is 27.8 Å². The first kappa shape index (κ1) is 18.6. The lowest BCUT2D eigenvalue weighted by Gasteiger charge is -2.06. The van der Waals surface area contributed by atoms with Crippen molar-refractivity contribution in [2.75, 3.05) is 5.32 Å². The standard InChI is InChI=1S/C17H18FN3O3S/c18-15-6-4-5-14(11-15)13-25(23,24)21-10-8-16(12-21)20-17(22)7-2-1-3-9-19/h1-2,4-6,8-12,19H,3,7,13H2,(H,20,22)/b2-1-,19-9?. The number of hydrogen-bond acceptors (Lipinski definition) is 4. The summed E-state index contributed by atoms with van der Waals surface area (Å²) in [6, 6.07) is 6.88. The molecule has 1 heterocycles. The van der Waals surface area contributed by atoms with Gasteiger partial charge in [-0.1, -0.05) is 24.3 Å². The second kappa shape index (κ2) is 8.39. The topological polar surface area (TPSA) is 92.0 Å². The lowest BCUT2D eigenvalue weighted by atomic mass is 10.2. The van der Waals surface area contributed by atoms with E-state index in [1.165, 1.54) is 48.9 Å². The van der Waals surface area contributed by atoms with Crippen molar-refractivity contribution in [3.05, 3.63) is 66.3 Å². The summed E-state index contributed by atoms with van der Waals surface area (Å²) in [7, 11) is -3.71. The van der Waals surface area contributed by atoms with Gasteiger partial charge in [-0.3, -0.25) is 8.77 Å². The van der Waals surface area contributed by atoms with E-state index in [4.69, 9.17) is 5.41 Å². The summed E-state index contributed by atoms with van der Waals surface area (Å²) in [5, 5.41) is 9.46. The van der Waals surface area contributed by atoms with E-state index in [-0.39, 0.29) is 18.1 Å². The fourth-order valence-corrected chi connectivity index (χ4v) is 3.37. The van der Waals surface area contributed by atoms with Crippen LogP contribution in [-0.4, -0.2) is 24.5 Å². The van der Waals surface area contributed by atoms with Gasteiger partial charge in [-0.05, 0) is 36.4 Å². The van der Waals surface area contributed by atoms with Crippen molar-refractivity contribution < 1.29 is 17.6 Å². The maximum atomic E-state index is 13.2. The predicted molar refractivity (Wildman–Crippen MR) is 94.6 cm³/mol. The van der Waals surface area contributed by atoms with Crippen LogP contribution in [0.5, 0.6) is 0 Å². The molecular formula is C17H18FN3O3S. The summed E-state index contributed by atoms with van der Waals surface area (Å²) in [5.74, 6) is -1.13.